The molecule has 1 heteroatoms. The molecule has 0 heterocycles. The van der Waals surface area contributed by atoms with E-state index < -0.39 is 0 Å². The van der Waals surface area contributed by atoms with E-state index in [1.54, 1.807) is 0 Å². The van der Waals surface area contributed by atoms with Gasteiger partial charge in [0.25, 0.3) is 0 Å². The van der Waals surface area contributed by atoms with Crippen molar-refractivity contribution in [3.8, 4) is 0 Å². The summed E-state index contributed by atoms with van der Waals surface area (Å²) in [5.41, 5.74) is 6.35. The lowest BCUT2D eigenvalue weighted by Gasteiger charge is -2.60. The van der Waals surface area contributed by atoms with Crippen LogP contribution in [0.25, 0.3) is 0 Å². The van der Waals surface area contributed by atoms with Crippen LogP contribution in [0, 0.1) is 45.8 Å². The van der Waals surface area contributed by atoms with Crippen molar-refractivity contribution in [2.24, 2.45) is 45.8 Å². The first-order valence-electron chi connectivity index (χ1n) is 13.5. The SMILES string of the molecule is C=C(CC[C@@H](C)[C@H]1CC[C@@]2(C)C3=C(CC[C@]12C)[C@@]1(C)CC[C@H](O)C(C)[C@@H]1CC3)C(C)C. The maximum Gasteiger partial charge on any atom is 0.0569 e. The van der Waals surface area contributed by atoms with Gasteiger partial charge >= 0.3 is 0 Å². The molecule has 0 bridgehead atoms. The fourth-order valence-corrected chi connectivity index (χ4v) is 9.16. The summed E-state index contributed by atoms with van der Waals surface area (Å²) >= 11 is 0. The molecule has 1 unspecified atom stereocenters. The van der Waals surface area contributed by atoms with E-state index in [1.807, 2.05) is 11.1 Å². The minimum atomic E-state index is -0.0815. The Bertz CT molecular complexity index is 746. The maximum absolute atomic E-state index is 10.6. The molecule has 0 aromatic rings. The molecule has 4 rings (SSSR count). The normalized spacial score (nSPS) is 45.8. The van der Waals surface area contributed by atoms with Crippen LogP contribution in [0.15, 0.2) is 23.3 Å². The third-order valence-electron chi connectivity index (χ3n) is 11.8. The molecule has 0 radical (unpaired) electrons. The van der Waals surface area contributed by atoms with Crippen LogP contribution in [0.3, 0.4) is 0 Å². The second-order valence-corrected chi connectivity index (χ2v) is 13.2. The summed E-state index contributed by atoms with van der Waals surface area (Å²) < 4.78 is 0. The highest BCUT2D eigenvalue weighted by atomic mass is 16.3. The summed E-state index contributed by atoms with van der Waals surface area (Å²) in [6, 6.07) is 0. The lowest BCUT2D eigenvalue weighted by Crippen LogP contribution is -2.51. The molecule has 31 heavy (non-hydrogen) atoms. The van der Waals surface area contributed by atoms with Crippen molar-refractivity contribution in [3.05, 3.63) is 23.3 Å². The molecule has 8 atom stereocenters. The first kappa shape index (κ1) is 23.6. The van der Waals surface area contributed by atoms with Crippen LogP contribution in [0.1, 0.15) is 113 Å². The van der Waals surface area contributed by atoms with Crippen LogP contribution in [-0.2, 0) is 0 Å². The highest BCUT2D eigenvalue weighted by Crippen LogP contribution is 2.71. The van der Waals surface area contributed by atoms with E-state index in [-0.39, 0.29) is 6.10 Å². The van der Waals surface area contributed by atoms with E-state index in [4.69, 9.17) is 0 Å². The minimum absolute atomic E-state index is 0.0815. The number of rotatable bonds is 5. The summed E-state index contributed by atoms with van der Waals surface area (Å²) in [5, 5.41) is 10.6. The summed E-state index contributed by atoms with van der Waals surface area (Å²) in [7, 11) is 0. The van der Waals surface area contributed by atoms with Gasteiger partial charge in [0.1, 0.15) is 0 Å². The average molecular weight is 427 g/mol. The Labute approximate surface area is 193 Å². The molecule has 0 aromatic carbocycles. The molecule has 0 aromatic heterocycles. The number of allylic oxidation sites excluding steroid dienone is 3. The second kappa shape index (κ2) is 8.03. The summed E-state index contributed by atoms with van der Waals surface area (Å²) in [6.07, 6.45) is 12.7. The zero-order valence-electron chi connectivity index (χ0n) is 21.7. The molecule has 0 amide bonds. The topological polar surface area (TPSA) is 20.2 Å². The van der Waals surface area contributed by atoms with Gasteiger partial charge in [0.05, 0.1) is 6.10 Å². The van der Waals surface area contributed by atoms with E-state index >= 15 is 0 Å². The lowest BCUT2D eigenvalue weighted by molar-refractivity contribution is -0.0413. The van der Waals surface area contributed by atoms with E-state index in [1.165, 1.54) is 63.4 Å². The smallest absolute Gasteiger partial charge is 0.0569 e. The molecule has 0 aliphatic heterocycles. The quantitative estimate of drug-likeness (QED) is 0.438. The number of fused-ring (bicyclic) bond motifs is 4. The standard InChI is InChI=1S/C30H50O/c1-19(2)20(3)9-10-21(4)23-13-17-30(8)26-12-11-24-22(5)27(31)15-16-28(24,6)25(26)14-18-29(23,30)7/h19,21-24,27,31H,3,9-18H2,1-2,4-8H3/t21-,22?,23-,24+,27+,28+,29-,30+/m1/s1. The van der Waals surface area contributed by atoms with Crippen molar-refractivity contribution in [3.63, 3.8) is 0 Å². The Kier molecular flexibility index (Phi) is 6.11. The van der Waals surface area contributed by atoms with Gasteiger partial charge in [-0.1, -0.05) is 71.8 Å². The summed E-state index contributed by atoms with van der Waals surface area (Å²) in [6.45, 7) is 21.7. The van der Waals surface area contributed by atoms with E-state index in [0.717, 1.165) is 18.3 Å². The van der Waals surface area contributed by atoms with Crippen molar-refractivity contribution in [2.45, 2.75) is 119 Å². The van der Waals surface area contributed by atoms with Gasteiger partial charge in [-0.25, -0.2) is 0 Å². The Morgan fingerprint density at radius 2 is 1.71 bits per heavy atom. The Hall–Kier alpha value is -0.560. The number of aliphatic hydroxyl groups is 1. The van der Waals surface area contributed by atoms with Gasteiger partial charge in [0.15, 0.2) is 0 Å². The van der Waals surface area contributed by atoms with Gasteiger partial charge in [0, 0.05) is 0 Å². The third kappa shape index (κ3) is 3.43. The zero-order valence-corrected chi connectivity index (χ0v) is 21.7. The molecule has 176 valence electrons. The molecule has 2 saturated carbocycles. The van der Waals surface area contributed by atoms with E-state index in [2.05, 4.69) is 55.0 Å². The van der Waals surface area contributed by atoms with Crippen LogP contribution in [-0.4, -0.2) is 11.2 Å². The first-order valence-corrected chi connectivity index (χ1v) is 13.5. The second-order valence-electron chi connectivity index (χ2n) is 13.2. The molecule has 0 saturated heterocycles. The first-order chi connectivity index (χ1) is 14.5. The van der Waals surface area contributed by atoms with Crippen LogP contribution in [0.4, 0.5) is 0 Å². The van der Waals surface area contributed by atoms with Gasteiger partial charge in [-0.2, -0.15) is 0 Å². The maximum atomic E-state index is 10.6. The Balaban J connectivity index is 1.60. The summed E-state index contributed by atoms with van der Waals surface area (Å²) in [5.74, 6) is 3.40. The van der Waals surface area contributed by atoms with Crippen LogP contribution < -0.4 is 0 Å². The van der Waals surface area contributed by atoms with Crippen LogP contribution >= 0.6 is 0 Å². The molecule has 1 nitrogen and oxygen atoms in total. The van der Waals surface area contributed by atoms with Gasteiger partial charge in [-0.15, -0.1) is 0 Å². The van der Waals surface area contributed by atoms with Gasteiger partial charge in [-0.05, 0) is 110 Å². The van der Waals surface area contributed by atoms with Crippen molar-refractivity contribution in [1.29, 1.82) is 0 Å². The number of aliphatic hydroxyl groups excluding tert-OH is 1. The predicted molar refractivity (Wildman–Crippen MR) is 133 cm³/mol. The monoisotopic (exact) mass is 426 g/mol. The number of hydrogen-bond donors (Lipinski definition) is 1. The van der Waals surface area contributed by atoms with Gasteiger partial charge in [-0.3, -0.25) is 0 Å². The zero-order chi connectivity index (χ0) is 22.8. The molecule has 4 aliphatic carbocycles. The molecular weight excluding hydrogens is 376 g/mol. The highest BCUT2D eigenvalue weighted by Gasteiger charge is 2.62. The largest absolute Gasteiger partial charge is 0.393 e. The molecule has 4 aliphatic rings. The molecule has 0 spiro atoms. The van der Waals surface area contributed by atoms with Gasteiger partial charge < -0.3 is 5.11 Å². The fourth-order valence-electron chi connectivity index (χ4n) is 9.16. The third-order valence-corrected chi connectivity index (χ3v) is 11.8. The van der Waals surface area contributed by atoms with Crippen LogP contribution in [0.5, 0.6) is 0 Å². The van der Waals surface area contributed by atoms with E-state index in [0.29, 0.717) is 34.0 Å². The van der Waals surface area contributed by atoms with Crippen molar-refractivity contribution >= 4 is 0 Å². The van der Waals surface area contributed by atoms with Crippen molar-refractivity contribution in [1.82, 2.24) is 0 Å². The Morgan fingerprint density at radius 1 is 1.00 bits per heavy atom. The lowest BCUT2D eigenvalue weighted by atomic mass is 9.45. The predicted octanol–water partition coefficient (Wildman–Crippen LogP) is 8.34. The average Bonchev–Trinajstić information content (AvgIpc) is 3.00. The van der Waals surface area contributed by atoms with Crippen LogP contribution in [0.2, 0.25) is 0 Å². The van der Waals surface area contributed by atoms with E-state index in [9.17, 15) is 5.11 Å². The molecule has 1 N–H and O–H groups in total. The van der Waals surface area contributed by atoms with Gasteiger partial charge in [0.2, 0.25) is 0 Å². The molecule has 2 fully saturated rings. The number of hydrogen-bond acceptors (Lipinski definition) is 1. The highest BCUT2D eigenvalue weighted by molar-refractivity contribution is 5.38. The summed E-state index contributed by atoms with van der Waals surface area (Å²) in [4.78, 5) is 0. The Morgan fingerprint density at radius 3 is 2.39 bits per heavy atom. The minimum Gasteiger partial charge on any atom is -0.393 e. The molecular formula is C30H50O. The fraction of sp³-hybridized carbons (Fsp3) is 0.867. The van der Waals surface area contributed by atoms with Crippen molar-refractivity contribution < 1.29 is 5.11 Å². The van der Waals surface area contributed by atoms with Crippen molar-refractivity contribution in [2.75, 3.05) is 0 Å².